The number of halogens is 1. The molecule has 6 heteroatoms. The number of rotatable bonds is 5. The summed E-state index contributed by atoms with van der Waals surface area (Å²) >= 11 is 1.97. The van der Waals surface area contributed by atoms with E-state index in [1.807, 2.05) is 36.4 Å². The van der Waals surface area contributed by atoms with Gasteiger partial charge in [0.25, 0.3) is 5.91 Å². The average Bonchev–Trinajstić information content (AvgIpc) is 2.40. The van der Waals surface area contributed by atoms with Gasteiger partial charge < -0.3 is 15.3 Å². The minimum atomic E-state index is -0.368. The number of nitrogens with one attached hydrogen (secondary N) is 1. The first-order chi connectivity index (χ1) is 8.99. The van der Waals surface area contributed by atoms with E-state index in [0.29, 0.717) is 22.2 Å². The van der Waals surface area contributed by atoms with Crippen molar-refractivity contribution in [2.75, 3.05) is 19.6 Å². The minimum Gasteiger partial charge on any atom is -0.507 e. The maximum Gasteiger partial charge on any atom is 0.251 e. The number of amides is 2. The molecule has 0 bridgehead atoms. The lowest BCUT2D eigenvalue weighted by Gasteiger charge is -2.18. The van der Waals surface area contributed by atoms with E-state index in [2.05, 4.69) is 5.32 Å². The first kappa shape index (κ1) is 15.7. The molecule has 0 fully saturated rings. The number of carbonyl (C=O) groups is 2. The van der Waals surface area contributed by atoms with Gasteiger partial charge in [0.15, 0.2) is 0 Å². The van der Waals surface area contributed by atoms with Crippen molar-refractivity contribution >= 4 is 34.4 Å². The van der Waals surface area contributed by atoms with Crippen LogP contribution in [0.2, 0.25) is 0 Å². The number of hydrogen-bond acceptors (Lipinski definition) is 3. The molecule has 2 N–H and O–H groups in total. The zero-order valence-corrected chi connectivity index (χ0v) is 13.1. The molecule has 0 atom stereocenters. The average molecular weight is 376 g/mol. The van der Waals surface area contributed by atoms with Crippen molar-refractivity contribution in [3.63, 3.8) is 0 Å². The molecule has 0 aliphatic carbocycles. The van der Waals surface area contributed by atoms with Gasteiger partial charge in [-0.1, -0.05) is 0 Å². The second kappa shape index (κ2) is 7.32. The fourth-order valence-corrected chi connectivity index (χ4v) is 1.94. The molecule has 0 aliphatic heterocycles. The van der Waals surface area contributed by atoms with E-state index < -0.39 is 0 Å². The summed E-state index contributed by atoms with van der Waals surface area (Å²) in [5, 5.41) is 12.1. The highest BCUT2D eigenvalue weighted by atomic mass is 127. The van der Waals surface area contributed by atoms with Crippen molar-refractivity contribution in [2.45, 2.75) is 13.8 Å². The number of phenolic OH excluding ortho intramolecular Hbond substituents is 1. The van der Waals surface area contributed by atoms with Gasteiger partial charge >= 0.3 is 0 Å². The minimum absolute atomic E-state index is 0.0345. The second-order valence-electron chi connectivity index (χ2n) is 3.91. The summed E-state index contributed by atoms with van der Waals surface area (Å²) in [6, 6.07) is 4.65. The Morgan fingerprint density at radius 1 is 1.32 bits per heavy atom. The molecule has 0 aromatic heterocycles. The monoisotopic (exact) mass is 376 g/mol. The lowest BCUT2D eigenvalue weighted by Crippen LogP contribution is -2.39. The van der Waals surface area contributed by atoms with Crippen LogP contribution < -0.4 is 5.32 Å². The predicted molar refractivity (Wildman–Crippen MR) is 81.1 cm³/mol. The molecule has 1 rings (SSSR count). The summed E-state index contributed by atoms with van der Waals surface area (Å²) in [6.07, 6.45) is 0. The summed E-state index contributed by atoms with van der Waals surface area (Å²) in [5.41, 5.74) is 0.338. The molecule has 0 spiro atoms. The van der Waals surface area contributed by atoms with Gasteiger partial charge in [-0.25, -0.2) is 0 Å². The number of phenols is 1. The van der Waals surface area contributed by atoms with E-state index in [-0.39, 0.29) is 24.1 Å². The van der Waals surface area contributed by atoms with Gasteiger partial charge in [-0.3, -0.25) is 9.59 Å². The lowest BCUT2D eigenvalue weighted by atomic mass is 10.2. The number of likely N-dealkylation sites (N-methyl/N-ethyl adjacent to an activating group) is 1. The van der Waals surface area contributed by atoms with Crippen LogP contribution in [0.4, 0.5) is 0 Å². The molecule has 5 nitrogen and oxygen atoms in total. The van der Waals surface area contributed by atoms with E-state index in [1.165, 1.54) is 6.07 Å². The largest absolute Gasteiger partial charge is 0.507 e. The number of hydrogen-bond donors (Lipinski definition) is 2. The quantitative estimate of drug-likeness (QED) is 0.767. The van der Waals surface area contributed by atoms with Crippen molar-refractivity contribution < 1.29 is 14.7 Å². The fraction of sp³-hybridized carbons (Fsp3) is 0.385. The molecular weight excluding hydrogens is 359 g/mol. The molecule has 0 saturated carbocycles. The molecule has 1 aromatic carbocycles. The van der Waals surface area contributed by atoms with E-state index in [4.69, 9.17) is 0 Å². The van der Waals surface area contributed by atoms with E-state index >= 15 is 0 Å². The molecule has 0 aliphatic rings. The lowest BCUT2D eigenvalue weighted by molar-refractivity contribution is -0.129. The molecule has 0 heterocycles. The molecule has 0 unspecified atom stereocenters. The summed E-state index contributed by atoms with van der Waals surface area (Å²) in [5.74, 6) is -0.427. The van der Waals surface area contributed by atoms with Crippen molar-refractivity contribution in [3.05, 3.63) is 27.3 Å². The van der Waals surface area contributed by atoms with Crippen LogP contribution in [0.15, 0.2) is 18.2 Å². The van der Waals surface area contributed by atoms with Gasteiger partial charge in [0.2, 0.25) is 5.91 Å². The molecule has 0 saturated heterocycles. The van der Waals surface area contributed by atoms with Crippen LogP contribution >= 0.6 is 22.6 Å². The first-order valence-corrected chi connectivity index (χ1v) is 7.12. The zero-order valence-electron chi connectivity index (χ0n) is 10.9. The summed E-state index contributed by atoms with van der Waals surface area (Å²) < 4.78 is 0.674. The molecule has 1 aromatic rings. The second-order valence-corrected chi connectivity index (χ2v) is 5.08. The molecule has 2 amide bonds. The van der Waals surface area contributed by atoms with E-state index in [9.17, 15) is 14.7 Å². The predicted octanol–water partition coefficient (Wildman–Crippen LogP) is 1.59. The SMILES string of the molecule is CCN(CC)C(=O)CNC(=O)c1ccc(I)c(O)c1. The number of nitrogens with zero attached hydrogens (tertiary/aromatic N) is 1. The Bertz CT molecular complexity index is 473. The van der Waals surface area contributed by atoms with Crippen molar-refractivity contribution in [3.8, 4) is 5.75 Å². The van der Waals surface area contributed by atoms with Crippen LogP contribution in [0.25, 0.3) is 0 Å². The normalized spacial score (nSPS) is 10.1. The number of benzene rings is 1. The van der Waals surface area contributed by atoms with Gasteiger partial charge in [-0.15, -0.1) is 0 Å². The summed E-state index contributed by atoms with van der Waals surface area (Å²) in [4.78, 5) is 25.2. The maximum atomic E-state index is 11.8. The molecule has 0 radical (unpaired) electrons. The smallest absolute Gasteiger partial charge is 0.251 e. The van der Waals surface area contributed by atoms with Crippen LogP contribution in [-0.2, 0) is 4.79 Å². The van der Waals surface area contributed by atoms with Gasteiger partial charge in [0, 0.05) is 18.7 Å². The molecule has 104 valence electrons. The van der Waals surface area contributed by atoms with Crippen molar-refractivity contribution in [1.29, 1.82) is 0 Å². The zero-order chi connectivity index (χ0) is 14.4. The van der Waals surface area contributed by atoms with Crippen LogP contribution in [0.1, 0.15) is 24.2 Å². The topological polar surface area (TPSA) is 69.6 Å². The van der Waals surface area contributed by atoms with Gasteiger partial charge in [-0.2, -0.15) is 0 Å². The summed E-state index contributed by atoms with van der Waals surface area (Å²) in [7, 11) is 0. The fourth-order valence-electron chi connectivity index (χ4n) is 1.60. The highest BCUT2D eigenvalue weighted by Gasteiger charge is 2.12. The first-order valence-electron chi connectivity index (χ1n) is 6.04. The molecule has 19 heavy (non-hydrogen) atoms. The van der Waals surface area contributed by atoms with E-state index in [0.717, 1.165) is 0 Å². The molecular formula is C13H17IN2O3. The third kappa shape index (κ3) is 4.38. The van der Waals surface area contributed by atoms with Gasteiger partial charge in [-0.05, 0) is 54.6 Å². The van der Waals surface area contributed by atoms with Gasteiger partial charge in [0.05, 0.1) is 10.1 Å². The third-order valence-electron chi connectivity index (χ3n) is 2.72. The van der Waals surface area contributed by atoms with Crippen LogP contribution in [0.5, 0.6) is 5.75 Å². The number of carbonyl (C=O) groups excluding carboxylic acids is 2. The Hall–Kier alpha value is -1.31. The van der Waals surface area contributed by atoms with Crippen molar-refractivity contribution in [1.82, 2.24) is 10.2 Å². The Kier molecular flexibility index (Phi) is 6.07. The highest BCUT2D eigenvalue weighted by Crippen LogP contribution is 2.20. The van der Waals surface area contributed by atoms with Crippen LogP contribution in [0, 0.1) is 3.57 Å². The van der Waals surface area contributed by atoms with Gasteiger partial charge in [0.1, 0.15) is 5.75 Å². The summed E-state index contributed by atoms with van der Waals surface area (Å²) in [6.45, 7) is 4.99. The van der Waals surface area contributed by atoms with E-state index in [1.54, 1.807) is 17.0 Å². The number of aromatic hydroxyl groups is 1. The highest BCUT2D eigenvalue weighted by molar-refractivity contribution is 14.1. The van der Waals surface area contributed by atoms with Crippen LogP contribution in [0.3, 0.4) is 0 Å². The maximum absolute atomic E-state index is 11.8. The Morgan fingerprint density at radius 2 is 1.95 bits per heavy atom. The Balaban J connectivity index is 2.60. The Morgan fingerprint density at radius 3 is 2.47 bits per heavy atom. The third-order valence-corrected chi connectivity index (χ3v) is 3.64. The standard InChI is InChI=1S/C13H17IN2O3/c1-3-16(4-2)12(18)8-15-13(19)9-5-6-10(14)11(17)7-9/h5-7,17H,3-4,8H2,1-2H3,(H,15,19). The Labute approximate surface area is 126 Å². The van der Waals surface area contributed by atoms with Crippen molar-refractivity contribution in [2.24, 2.45) is 0 Å². The van der Waals surface area contributed by atoms with Crippen LogP contribution in [-0.4, -0.2) is 41.5 Å².